The molecule has 5 heteroatoms. The van der Waals surface area contributed by atoms with E-state index in [9.17, 15) is 13.6 Å². The molecule has 0 radical (unpaired) electrons. The summed E-state index contributed by atoms with van der Waals surface area (Å²) in [5.74, 6) is -2.43. The smallest absolute Gasteiger partial charge is 0.256 e. The van der Waals surface area contributed by atoms with E-state index in [1.54, 1.807) is 31.2 Å². The zero-order valence-electron chi connectivity index (χ0n) is 9.58. The topological polar surface area (TPSA) is 42.0 Å². The van der Waals surface area contributed by atoms with Crippen LogP contribution in [0.25, 0.3) is 0 Å². The maximum absolute atomic E-state index is 13.3. The van der Waals surface area contributed by atoms with Gasteiger partial charge in [0.1, 0.15) is 0 Å². The Hall–Kier alpha value is -2.30. The number of nitrogens with zero attached hydrogens (tertiary/aromatic N) is 1. The lowest BCUT2D eigenvalue weighted by Crippen LogP contribution is -2.14. The molecule has 2 rings (SSSR count). The largest absolute Gasteiger partial charge is 0.318 e. The molecule has 0 aliphatic carbocycles. The molecule has 18 heavy (non-hydrogen) atoms. The summed E-state index contributed by atoms with van der Waals surface area (Å²) in [6, 6.07) is 9.02. The van der Waals surface area contributed by atoms with E-state index >= 15 is 0 Å². The Kier molecular flexibility index (Phi) is 3.32. The fourth-order valence-electron chi connectivity index (χ4n) is 1.52. The van der Waals surface area contributed by atoms with Crippen LogP contribution >= 0.6 is 0 Å². The van der Waals surface area contributed by atoms with Crippen molar-refractivity contribution in [3.05, 3.63) is 59.4 Å². The van der Waals surface area contributed by atoms with Gasteiger partial charge in [-0.25, -0.2) is 0 Å². The molecular weight excluding hydrogens is 238 g/mol. The highest BCUT2D eigenvalue weighted by molar-refractivity contribution is 6.05. The van der Waals surface area contributed by atoms with Gasteiger partial charge in [-0.15, -0.1) is 0 Å². The van der Waals surface area contributed by atoms with Crippen molar-refractivity contribution >= 4 is 11.6 Å². The number of carbonyl (C=O) groups excluding carboxylic acids is 1. The van der Waals surface area contributed by atoms with E-state index in [0.717, 1.165) is 17.7 Å². The van der Waals surface area contributed by atoms with Gasteiger partial charge in [-0.2, -0.15) is 13.8 Å². The average Bonchev–Trinajstić information content (AvgIpc) is 2.33. The molecule has 0 atom stereocenters. The molecule has 0 aliphatic rings. The summed E-state index contributed by atoms with van der Waals surface area (Å²) in [6.45, 7) is 1.77. The van der Waals surface area contributed by atoms with Crippen LogP contribution in [-0.2, 0) is 0 Å². The Balaban J connectivity index is 2.24. The monoisotopic (exact) mass is 248 g/mol. The molecule has 1 heterocycles. The normalized spacial score (nSPS) is 10.2. The lowest BCUT2D eigenvalue weighted by molar-refractivity contribution is 0.102. The minimum absolute atomic E-state index is 0.148. The third kappa shape index (κ3) is 2.51. The molecule has 1 N–H and O–H groups in total. The van der Waals surface area contributed by atoms with Crippen LogP contribution in [0.4, 0.5) is 14.5 Å². The predicted molar refractivity (Wildman–Crippen MR) is 63.3 cm³/mol. The van der Waals surface area contributed by atoms with Gasteiger partial charge in [-0.1, -0.05) is 18.2 Å². The van der Waals surface area contributed by atoms with Gasteiger partial charge in [0.05, 0.1) is 5.69 Å². The van der Waals surface area contributed by atoms with Gasteiger partial charge in [-0.3, -0.25) is 4.79 Å². The van der Waals surface area contributed by atoms with Crippen LogP contribution in [0.3, 0.4) is 0 Å². The standard InChI is InChI=1S/C13H10F2N2O/c1-8-4-2-3-5-9(8)13(18)16-10-6-7-11(14)17-12(10)15/h2-7H,1H3,(H,16,18). The maximum atomic E-state index is 13.3. The van der Waals surface area contributed by atoms with Crippen molar-refractivity contribution in [1.29, 1.82) is 0 Å². The van der Waals surface area contributed by atoms with Crippen molar-refractivity contribution in [2.75, 3.05) is 5.32 Å². The van der Waals surface area contributed by atoms with Gasteiger partial charge in [-0.05, 0) is 30.7 Å². The first kappa shape index (κ1) is 12.2. The quantitative estimate of drug-likeness (QED) is 0.830. The molecule has 0 spiro atoms. The third-order valence-corrected chi connectivity index (χ3v) is 2.45. The van der Waals surface area contributed by atoms with E-state index in [-0.39, 0.29) is 5.69 Å². The van der Waals surface area contributed by atoms with Crippen LogP contribution in [0.5, 0.6) is 0 Å². The number of carbonyl (C=O) groups is 1. The minimum Gasteiger partial charge on any atom is -0.318 e. The summed E-state index contributed by atoms with van der Waals surface area (Å²) in [5, 5.41) is 2.35. The van der Waals surface area contributed by atoms with Crippen LogP contribution in [0.15, 0.2) is 36.4 Å². The lowest BCUT2D eigenvalue weighted by atomic mass is 10.1. The third-order valence-electron chi connectivity index (χ3n) is 2.45. The van der Waals surface area contributed by atoms with Crippen molar-refractivity contribution in [3.8, 4) is 0 Å². The number of hydrogen-bond acceptors (Lipinski definition) is 2. The Morgan fingerprint density at radius 1 is 1.17 bits per heavy atom. The minimum atomic E-state index is -1.04. The zero-order valence-corrected chi connectivity index (χ0v) is 9.58. The molecule has 2 aromatic rings. The predicted octanol–water partition coefficient (Wildman–Crippen LogP) is 2.92. The van der Waals surface area contributed by atoms with Crippen molar-refractivity contribution < 1.29 is 13.6 Å². The fraction of sp³-hybridized carbons (Fsp3) is 0.0769. The second-order valence-electron chi connectivity index (χ2n) is 3.74. The highest BCUT2D eigenvalue weighted by atomic mass is 19.1. The Morgan fingerprint density at radius 3 is 2.56 bits per heavy atom. The molecule has 3 nitrogen and oxygen atoms in total. The molecule has 1 amide bonds. The number of pyridine rings is 1. The molecule has 0 saturated heterocycles. The summed E-state index contributed by atoms with van der Waals surface area (Å²) in [7, 11) is 0. The maximum Gasteiger partial charge on any atom is 0.256 e. The number of hydrogen-bond donors (Lipinski definition) is 1. The highest BCUT2D eigenvalue weighted by Gasteiger charge is 2.12. The second-order valence-corrected chi connectivity index (χ2v) is 3.74. The number of benzene rings is 1. The van der Waals surface area contributed by atoms with E-state index in [1.807, 2.05) is 0 Å². The molecular formula is C13H10F2N2O. The van der Waals surface area contributed by atoms with Crippen LogP contribution in [-0.4, -0.2) is 10.9 Å². The van der Waals surface area contributed by atoms with E-state index in [1.165, 1.54) is 0 Å². The molecule has 0 bridgehead atoms. The van der Waals surface area contributed by atoms with Crippen molar-refractivity contribution in [1.82, 2.24) is 4.98 Å². The van der Waals surface area contributed by atoms with Gasteiger partial charge in [0.2, 0.25) is 11.9 Å². The molecule has 92 valence electrons. The molecule has 0 aliphatic heterocycles. The zero-order chi connectivity index (χ0) is 13.1. The second kappa shape index (κ2) is 4.91. The first-order chi connectivity index (χ1) is 8.58. The highest BCUT2D eigenvalue weighted by Crippen LogP contribution is 2.14. The summed E-state index contributed by atoms with van der Waals surface area (Å²) in [5.41, 5.74) is 1.05. The van der Waals surface area contributed by atoms with Crippen LogP contribution in [0.2, 0.25) is 0 Å². The lowest BCUT2D eigenvalue weighted by Gasteiger charge is -2.07. The van der Waals surface area contributed by atoms with Crippen molar-refractivity contribution in [2.45, 2.75) is 6.92 Å². The van der Waals surface area contributed by atoms with Gasteiger partial charge in [0, 0.05) is 5.56 Å². The molecule has 1 aromatic carbocycles. The fourth-order valence-corrected chi connectivity index (χ4v) is 1.52. The average molecular weight is 248 g/mol. The molecule has 0 unspecified atom stereocenters. The first-order valence-electron chi connectivity index (χ1n) is 5.27. The summed E-state index contributed by atoms with van der Waals surface area (Å²) >= 11 is 0. The summed E-state index contributed by atoms with van der Waals surface area (Å²) in [4.78, 5) is 14.9. The van der Waals surface area contributed by atoms with E-state index < -0.39 is 17.8 Å². The van der Waals surface area contributed by atoms with E-state index in [2.05, 4.69) is 10.3 Å². The molecule has 0 saturated carbocycles. The van der Waals surface area contributed by atoms with Gasteiger partial charge in [0.15, 0.2) is 0 Å². The number of aromatic nitrogens is 1. The van der Waals surface area contributed by atoms with Crippen molar-refractivity contribution in [3.63, 3.8) is 0 Å². The Morgan fingerprint density at radius 2 is 1.89 bits per heavy atom. The van der Waals surface area contributed by atoms with Gasteiger partial charge >= 0.3 is 0 Å². The molecule has 0 fully saturated rings. The summed E-state index contributed by atoms with van der Waals surface area (Å²) in [6.07, 6.45) is 0. The van der Waals surface area contributed by atoms with Crippen molar-refractivity contribution in [2.24, 2.45) is 0 Å². The van der Waals surface area contributed by atoms with Gasteiger partial charge in [0.25, 0.3) is 5.91 Å². The number of anilines is 1. The van der Waals surface area contributed by atoms with Crippen LogP contribution < -0.4 is 5.32 Å². The number of aryl methyl sites for hydroxylation is 1. The Labute approximate surface area is 102 Å². The van der Waals surface area contributed by atoms with Gasteiger partial charge < -0.3 is 5.32 Å². The number of amides is 1. The number of nitrogens with one attached hydrogen (secondary N) is 1. The SMILES string of the molecule is Cc1ccccc1C(=O)Nc1ccc(F)nc1F. The number of halogens is 2. The number of rotatable bonds is 2. The van der Waals surface area contributed by atoms with Crippen LogP contribution in [0, 0.1) is 18.8 Å². The molecule has 1 aromatic heterocycles. The first-order valence-corrected chi connectivity index (χ1v) is 5.27. The summed E-state index contributed by atoms with van der Waals surface area (Å²) < 4.78 is 25.9. The van der Waals surface area contributed by atoms with E-state index in [0.29, 0.717) is 5.56 Å². The Bertz CT molecular complexity index is 599. The van der Waals surface area contributed by atoms with E-state index in [4.69, 9.17) is 0 Å². The van der Waals surface area contributed by atoms with Crippen LogP contribution in [0.1, 0.15) is 15.9 Å².